The Hall–Kier alpha value is -6.90. The first-order valence-electron chi connectivity index (χ1n) is 22.1. The number of carboxylic acid groups (broad SMARTS) is 3. The first-order chi connectivity index (χ1) is 33.6. The zero-order chi connectivity index (χ0) is 52.5. The molecule has 0 aliphatic heterocycles. The number of amides is 1. The lowest BCUT2D eigenvalue weighted by atomic mass is 9.82. The minimum Gasteiger partial charge on any atom is -0.481 e. The molecule has 380 valence electrons. The maximum atomic E-state index is 14.2. The molecule has 4 atom stereocenters. The summed E-state index contributed by atoms with van der Waals surface area (Å²) >= 11 is 11.9. The Morgan fingerprint density at radius 1 is 0.662 bits per heavy atom. The van der Waals surface area contributed by atoms with Gasteiger partial charge in [-0.15, -0.1) is 10.2 Å². The Kier molecular flexibility index (Phi) is 21.0. The first kappa shape index (κ1) is 56.7. The summed E-state index contributed by atoms with van der Waals surface area (Å²) in [5.74, 6) is -3.95. The molecule has 6 rings (SSSR count). The van der Waals surface area contributed by atoms with Gasteiger partial charge in [0, 0.05) is 45.4 Å². The molecule has 17 nitrogen and oxygen atoms in total. The van der Waals surface area contributed by atoms with E-state index in [-0.39, 0.29) is 42.3 Å². The van der Waals surface area contributed by atoms with Gasteiger partial charge in [-0.3, -0.25) is 24.6 Å². The maximum Gasteiger partial charge on any atom is 0.354 e. The Labute approximate surface area is 417 Å². The van der Waals surface area contributed by atoms with Gasteiger partial charge in [0.15, 0.2) is 0 Å². The lowest BCUT2D eigenvalue weighted by molar-refractivity contribution is -0.152. The molecule has 0 bridgehead atoms. The van der Waals surface area contributed by atoms with Gasteiger partial charge in [-0.1, -0.05) is 71.7 Å². The summed E-state index contributed by atoms with van der Waals surface area (Å²) in [5, 5.41) is 62.4. The molecule has 1 amide bonds. The molecular weight excluding hydrogens is 969 g/mol. The van der Waals surface area contributed by atoms with Crippen molar-refractivity contribution in [3.63, 3.8) is 0 Å². The van der Waals surface area contributed by atoms with E-state index in [2.05, 4.69) is 25.7 Å². The number of carbonyl (C=O) groups excluding carboxylic acids is 1. The summed E-state index contributed by atoms with van der Waals surface area (Å²) in [5.41, 5.74) is 7.30. The third-order valence-corrected chi connectivity index (χ3v) is 11.5. The van der Waals surface area contributed by atoms with Crippen LogP contribution in [0.15, 0.2) is 97.1 Å². The molecule has 10 N–H and O–H groups in total. The van der Waals surface area contributed by atoms with Crippen molar-refractivity contribution in [1.82, 2.24) is 25.7 Å². The van der Waals surface area contributed by atoms with Gasteiger partial charge in [0.2, 0.25) is 11.8 Å². The van der Waals surface area contributed by atoms with Crippen LogP contribution in [0.3, 0.4) is 0 Å². The second-order valence-corrected chi connectivity index (χ2v) is 17.7. The van der Waals surface area contributed by atoms with Gasteiger partial charge in [0.25, 0.3) is 5.91 Å². The van der Waals surface area contributed by atoms with E-state index in [1.807, 2.05) is 12.1 Å². The number of aromatic carboxylic acids is 1. The molecular formula is C50H56Cl2F2N6O11. The zero-order valence-electron chi connectivity index (χ0n) is 39.2. The van der Waals surface area contributed by atoms with Gasteiger partial charge in [-0.2, -0.15) is 0 Å². The highest BCUT2D eigenvalue weighted by atomic mass is 35.5. The average Bonchev–Trinajstić information content (AvgIpc) is 4.02. The number of halogens is 4. The Bertz CT molecular complexity index is 2720. The molecule has 21 heteroatoms. The molecule has 0 spiro atoms. The molecule has 0 aliphatic rings. The summed E-state index contributed by atoms with van der Waals surface area (Å²) in [6.07, 6.45) is 0.867. The quantitative estimate of drug-likeness (QED) is 0.0330. The van der Waals surface area contributed by atoms with Crippen molar-refractivity contribution in [2.45, 2.75) is 65.5 Å². The van der Waals surface area contributed by atoms with Crippen molar-refractivity contribution in [2.75, 3.05) is 26.4 Å². The van der Waals surface area contributed by atoms with Gasteiger partial charge in [0.1, 0.15) is 23.0 Å². The molecule has 0 aliphatic carbocycles. The highest BCUT2D eigenvalue weighted by Gasteiger charge is 2.36. The van der Waals surface area contributed by atoms with Gasteiger partial charge >= 0.3 is 17.9 Å². The number of aromatic nitrogens is 4. The number of ether oxygens (including phenoxy) is 2. The number of aliphatic carboxylic acids is 2. The van der Waals surface area contributed by atoms with E-state index in [9.17, 15) is 48.4 Å². The van der Waals surface area contributed by atoms with E-state index >= 15 is 0 Å². The second-order valence-electron chi connectivity index (χ2n) is 16.8. The number of benzene rings is 4. The van der Waals surface area contributed by atoms with Crippen molar-refractivity contribution in [3.8, 4) is 34.0 Å². The molecule has 0 saturated carbocycles. The number of aliphatic hydroxyl groups excluding tert-OH is 2. The SMILES string of the molecule is CCOc1cc(C(=O)N[C@H](Cc2ccc(-c3cc(Cl)ccc3F)cc2)C[C@@](C)(CO)C(=O)O)[nH]n1.CCOc1cc(C(=O)O)[nH]n1.C[C@@](CO)(C[C@H](N)Cc1ccc(-c2cc(Cl)ccc2F)cc1)C(=O)O. The largest absolute Gasteiger partial charge is 0.481 e. The van der Waals surface area contributed by atoms with E-state index in [1.165, 1.54) is 56.3 Å². The molecule has 2 heterocycles. The number of nitrogens with zero attached hydrogens (tertiary/aromatic N) is 2. The monoisotopic (exact) mass is 1020 g/mol. The van der Waals surface area contributed by atoms with Crippen LogP contribution in [0, 0.1) is 22.5 Å². The minimum atomic E-state index is -1.47. The van der Waals surface area contributed by atoms with Crippen LogP contribution in [-0.4, -0.2) is 108 Å². The van der Waals surface area contributed by atoms with Crippen LogP contribution >= 0.6 is 23.2 Å². The maximum absolute atomic E-state index is 14.2. The third kappa shape index (κ3) is 16.6. The number of aromatic amines is 2. The van der Waals surface area contributed by atoms with E-state index in [4.69, 9.17) is 43.5 Å². The number of hydrogen-bond donors (Lipinski definition) is 9. The van der Waals surface area contributed by atoms with Crippen molar-refractivity contribution in [1.29, 1.82) is 0 Å². The fourth-order valence-corrected chi connectivity index (χ4v) is 7.36. The van der Waals surface area contributed by atoms with E-state index in [1.54, 1.807) is 56.3 Å². The number of nitrogens with two attached hydrogens (primary N) is 1. The number of aliphatic hydroxyl groups is 2. The van der Waals surface area contributed by atoms with Crippen LogP contribution in [0.2, 0.25) is 10.0 Å². The number of hydrogen-bond acceptors (Lipinski definition) is 11. The lowest BCUT2D eigenvalue weighted by Crippen LogP contribution is -2.44. The topological polar surface area (TPSA) is 283 Å². The third-order valence-electron chi connectivity index (χ3n) is 11.0. The summed E-state index contributed by atoms with van der Waals surface area (Å²) in [6.45, 7) is 6.28. The molecule has 6 aromatic rings. The molecule has 0 unspecified atom stereocenters. The summed E-state index contributed by atoms with van der Waals surface area (Å²) in [7, 11) is 0. The smallest absolute Gasteiger partial charge is 0.354 e. The fraction of sp³-hybridized carbons (Fsp3) is 0.320. The van der Waals surface area contributed by atoms with E-state index in [0.717, 1.165) is 11.1 Å². The van der Waals surface area contributed by atoms with Gasteiger partial charge in [-0.05, 0) is 112 Å². The second kappa shape index (κ2) is 26.3. The van der Waals surface area contributed by atoms with Crippen molar-refractivity contribution in [3.05, 3.63) is 141 Å². The number of H-pyrrole nitrogens is 2. The number of carboxylic acids is 3. The molecule has 2 aromatic heterocycles. The first-order valence-corrected chi connectivity index (χ1v) is 22.8. The number of rotatable bonds is 21. The van der Waals surface area contributed by atoms with Crippen LogP contribution in [0.5, 0.6) is 11.8 Å². The predicted octanol–water partition coefficient (Wildman–Crippen LogP) is 8.08. The van der Waals surface area contributed by atoms with Gasteiger partial charge in [0.05, 0.1) is 37.3 Å². The van der Waals surface area contributed by atoms with Crippen LogP contribution in [-0.2, 0) is 22.4 Å². The van der Waals surface area contributed by atoms with Crippen molar-refractivity contribution >= 4 is 47.0 Å². The predicted molar refractivity (Wildman–Crippen MR) is 262 cm³/mol. The average molecular weight is 1030 g/mol. The van der Waals surface area contributed by atoms with Crippen molar-refractivity contribution in [2.24, 2.45) is 16.6 Å². The van der Waals surface area contributed by atoms with Gasteiger partial charge < -0.3 is 46.1 Å². The summed E-state index contributed by atoms with van der Waals surface area (Å²) < 4.78 is 38.3. The summed E-state index contributed by atoms with van der Waals surface area (Å²) in [4.78, 5) is 46.1. The highest BCUT2D eigenvalue weighted by molar-refractivity contribution is 6.31. The molecule has 0 saturated heterocycles. The van der Waals surface area contributed by atoms with Crippen LogP contribution in [0.1, 0.15) is 72.6 Å². The highest BCUT2D eigenvalue weighted by Crippen LogP contribution is 2.30. The fourth-order valence-electron chi connectivity index (χ4n) is 7.01. The number of nitrogens with one attached hydrogen (secondary N) is 3. The zero-order valence-corrected chi connectivity index (χ0v) is 40.7. The summed E-state index contributed by atoms with van der Waals surface area (Å²) in [6, 6.07) is 24.6. The minimum absolute atomic E-state index is 0.0261. The normalized spacial score (nSPS) is 13.4. The van der Waals surface area contributed by atoms with Crippen molar-refractivity contribution < 1.29 is 63.0 Å². The molecule has 0 radical (unpaired) electrons. The Morgan fingerprint density at radius 2 is 1.08 bits per heavy atom. The lowest BCUT2D eigenvalue weighted by Gasteiger charge is -2.28. The van der Waals surface area contributed by atoms with Gasteiger partial charge in [-0.25, -0.2) is 13.6 Å². The molecule has 71 heavy (non-hydrogen) atoms. The Morgan fingerprint density at radius 3 is 1.49 bits per heavy atom. The Balaban J connectivity index is 0.000000263. The molecule has 0 fully saturated rings. The van der Waals surface area contributed by atoms with Crippen LogP contribution in [0.4, 0.5) is 8.78 Å². The van der Waals surface area contributed by atoms with E-state index in [0.29, 0.717) is 57.8 Å². The van der Waals surface area contributed by atoms with E-state index < -0.39 is 65.8 Å². The number of carbonyl (C=O) groups is 4. The van der Waals surface area contributed by atoms with Crippen LogP contribution in [0.25, 0.3) is 22.3 Å². The standard InChI is InChI=1S/C25H27ClFN3O5.C19H21ClFNO3.C6H8N2O3/c1-3-35-22-12-21(29-30-22)23(32)28-18(13-25(2,14-31)24(33)34)10-15-4-6-16(7-5-15)19-11-17(26)8-9-20(19)27;1-19(11-23,18(24)25)10-15(22)8-12-2-4-13(5-3-12)16-9-14(20)6-7-17(16)21;1-2-11-5-3-4(6(9)10)7-8-5/h4-9,11-12,18,31H,3,10,13-14H2,1-2H3,(H,28,32)(H,29,30)(H,33,34);2-7,9,15,23H,8,10-11,22H2,1H3,(H,24,25);3H,2H2,1H3,(H,7,8)(H,9,10)/t18-,25+;15-,19+;/m11./s1. The van der Waals surface area contributed by atoms with Crippen LogP contribution < -0.4 is 20.5 Å². The molecule has 4 aromatic carbocycles.